The highest BCUT2D eigenvalue weighted by molar-refractivity contribution is 5.86. The van der Waals surface area contributed by atoms with E-state index in [1.807, 2.05) is 0 Å². The van der Waals surface area contributed by atoms with Crippen molar-refractivity contribution < 1.29 is 32.3 Å². The number of carboxylic acids is 1. The molecule has 8 heteroatoms. The molecule has 0 atom stereocenters. The minimum atomic E-state index is -5.04. The fourth-order valence-corrected chi connectivity index (χ4v) is 1.28. The summed E-state index contributed by atoms with van der Waals surface area (Å²) in [7, 11) is 0. The van der Waals surface area contributed by atoms with Gasteiger partial charge in [0.05, 0.1) is 0 Å². The molecule has 0 aliphatic carbocycles. The van der Waals surface area contributed by atoms with Crippen LogP contribution in [0.5, 0.6) is 0 Å². The van der Waals surface area contributed by atoms with Crippen LogP contribution in [0.25, 0.3) is 0 Å². The van der Waals surface area contributed by atoms with E-state index in [9.17, 15) is 27.2 Å². The Kier molecular flexibility index (Phi) is 2.62. The fraction of sp³-hybridized carbons (Fsp3) is 0.714. The number of carbonyl (C=O) groups excluding carboxylic acids is 1. The van der Waals surface area contributed by atoms with E-state index in [2.05, 4.69) is 0 Å². The van der Waals surface area contributed by atoms with Crippen molar-refractivity contribution in [2.75, 3.05) is 19.8 Å². The smallest absolute Gasteiger partial charge is 0.471 e. The molecule has 1 fully saturated rings. The van der Waals surface area contributed by atoms with Gasteiger partial charge >= 0.3 is 18.1 Å². The van der Waals surface area contributed by atoms with Crippen LogP contribution >= 0.6 is 0 Å². The predicted octanol–water partition coefficient (Wildman–Crippen LogP) is 0.431. The van der Waals surface area contributed by atoms with Gasteiger partial charge in [-0.25, -0.2) is 4.39 Å². The van der Waals surface area contributed by atoms with Crippen LogP contribution in [0, 0.1) is 5.41 Å². The number of hydrogen-bond acceptors (Lipinski definition) is 2. The first-order valence-corrected chi connectivity index (χ1v) is 3.88. The number of likely N-dealkylation sites (tertiary alicyclic amines) is 1. The number of nitrogens with zero attached hydrogens (tertiary/aromatic N) is 1. The third-order valence-corrected chi connectivity index (χ3v) is 2.23. The minimum absolute atomic E-state index is 0.272. The van der Waals surface area contributed by atoms with Crippen LogP contribution in [0.3, 0.4) is 0 Å². The number of carbonyl (C=O) groups is 2. The molecule has 1 rings (SSSR count). The van der Waals surface area contributed by atoms with Gasteiger partial charge in [0, 0.05) is 13.1 Å². The molecule has 0 aromatic rings. The van der Waals surface area contributed by atoms with Crippen LogP contribution in [0.1, 0.15) is 0 Å². The summed E-state index contributed by atoms with van der Waals surface area (Å²) in [5.74, 6) is -3.66. The second-order valence-electron chi connectivity index (χ2n) is 3.38. The van der Waals surface area contributed by atoms with Crippen molar-refractivity contribution in [1.82, 2.24) is 4.90 Å². The van der Waals surface area contributed by atoms with Crippen molar-refractivity contribution in [3.63, 3.8) is 0 Å². The maximum Gasteiger partial charge on any atom is 0.471 e. The molecule has 86 valence electrons. The number of halogens is 4. The van der Waals surface area contributed by atoms with Crippen LogP contribution in [-0.4, -0.2) is 47.8 Å². The van der Waals surface area contributed by atoms with Crippen LogP contribution in [-0.2, 0) is 9.59 Å². The highest BCUT2D eigenvalue weighted by Gasteiger charge is 2.56. The molecule has 0 aromatic carbocycles. The van der Waals surface area contributed by atoms with Crippen LogP contribution in [0.15, 0.2) is 0 Å². The Hall–Kier alpha value is -1.34. The monoisotopic (exact) mass is 229 g/mol. The average Bonchev–Trinajstić information content (AvgIpc) is 2.00. The van der Waals surface area contributed by atoms with Crippen molar-refractivity contribution >= 4 is 11.9 Å². The van der Waals surface area contributed by atoms with E-state index in [1.165, 1.54) is 0 Å². The van der Waals surface area contributed by atoms with Gasteiger partial charge in [0.25, 0.3) is 0 Å². The van der Waals surface area contributed by atoms with Gasteiger partial charge in [0.2, 0.25) is 0 Å². The summed E-state index contributed by atoms with van der Waals surface area (Å²) in [6.45, 7) is -2.77. The largest absolute Gasteiger partial charge is 0.481 e. The Balaban J connectivity index is 2.64. The topological polar surface area (TPSA) is 57.6 Å². The summed E-state index contributed by atoms with van der Waals surface area (Å²) < 4.78 is 47.8. The molecule has 0 spiro atoms. The first-order valence-electron chi connectivity index (χ1n) is 3.88. The SMILES string of the molecule is O=C(N1CC(CF)(C(=O)O)C1)C(F)(F)F. The zero-order valence-electron chi connectivity index (χ0n) is 7.34. The molecule has 0 aromatic heterocycles. The second-order valence-corrected chi connectivity index (χ2v) is 3.38. The second kappa shape index (κ2) is 3.35. The lowest BCUT2D eigenvalue weighted by Gasteiger charge is -2.45. The maximum atomic E-state index is 12.3. The van der Waals surface area contributed by atoms with Crippen LogP contribution in [0.2, 0.25) is 0 Å². The van der Waals surface area contributed by atoms with E-state index in [4.69, 9.17) is 5.11 Å². The Labute approximate surface area is 81.5 Å². The molecule has 0 bridgehead atoms. The Morgan fingerprint density at radius 3 is 2.07 bits per heavy atom. The van der Waals surface area contributed by atoms with E-state index < -0.39 is 43.2 Å². The summed E-state index contributed by atoms with van der Waals surface area (Å²) in [6, 6.07) is 0. The molecule has 1 aliphatic heterocycles. The van der Waals surface area contributed by atoms with Crippen molar-refractivity contribution in [2.45, 2.75) is 6.18 Å². The van der Waals surface area contributed by atoms with Gasteiger partial charge in [-0.1, -0.05) is 0 Å². The zero-order valence-corrected chi connectivity index (χ0v) is 7.34. The van der Waals surface area contributed by atoms with Crippen molar-refractivity contribution in [2.24, 2.45) is 5.41 Å². The molecule has 4 nitrogen and oxygen atoms in total. The van der Waals surface area contributed by atoms with Gasteiger partial charge in [0.1, 0.15) is 12.1 Å². The van der Waals surface area contributed by atoms with E-state index >= 15 is 0 Å². The summed E-state index contributed by atoms with van der Waals surface area (Å²) in [5.41, 5.74) is -1.86. The molecule has 0 saturated carbocycles. The normalized spacial score (nSPS) is 19.6. The third kappa shape index (κ3) is 1.88. The number of aliphatic carboxylic acids is 1. The number of alkyl halides is 4. The van der Waals surface area contributed by atoms with Crippen molar-refractivity contribution in [1.29, 1.82) is 0 Å². The maximum absolute atomic E-state index is 12.3. The Morgan fingerprint density at radius 2 is 1.80 bits per heavy atom. The quantitative estimate of drug-likeness (QED) is 0.698. The molecule has 1 saturated heterocycles. The summed E-state index contributed by atoms with van der Waals surface area (Å²) >= 11 is 0. The first kappa shape index (κ1) is 11.7. The van der Waals surface area contributed by atoms with Gasteiger partial charge in [-0.3, -0.25) is 9.59 Å². The van der Waals surface area contributed by atoms with Gasteiger partial charge in [0.15, 0.2) is 0 Å². The van der Waals surface area contributed by atoms with Gasteiger partial charge < -0.3 is 10.0 Å². The molecule has 1 aliphatic rings. The van der Waals surface area contributed by atoms with E-state index in [0.717, 1.165) is 0 Å². The predicted molar refractivity (Wildman–Crippen MR) is 38.7 cm³/mol. The summed E-state index contributed by atoms with van der Waals surface area (Å²) in [4.78, 5) is 21.3. The van der Waals surface area contributed by atoms with Gasteiger partial charge in [-0.2, -0.15) is 13.2 Å². The zero-order chi connectivity index (χ0) is 11.9. The molecule has 1 heterocycles. The highest BCUT2D eigenvalue weighted by atomic mass is 19.4. The Bertz CT molecular complexity index is 295. The standard InChI is InChI=1S/C7H7F4NO3/c8-1-6(5(14)15)2-12(3-6)4(13)7(9,10)11/h1-3H2,(H,14,15). The molecule has 15 heavy (non-hydrogen) atoms. The highest BCUT2D eigenvalue weighted by Crippen LogP contribution is 2.34. The van der Waals surface area contributed by atoms with Gasteiger partial charge in [-0.05, 0) is 0 Å². The van der Waals surface area contributed by atoms with E-state index in [1.54, 1.807) is 0 Å². The third-order valence-electron chi connectivity index (χ3n) is 2.23. The Morgan fingerprint density at radius 1 is 1.33 bits per heavy atom. The minimum Gasteiger partial charge on any atom is -0.481 e. The fourth-order valence-electron chi connectivity index (χ4n) is 1.28. The molecular formula is C7H7F4NO3. The van der Waals surface area contributed by atoms with Gasteiger partial charge in [-0.15, -0.1) is 0 Å². The lowest BCUT2D eigenvalue weighted by atomic mass is 9.81. The molecule has 1 amide bonds. The van der Waals surface area contributed by atoms with E-state index in [0.29, 0.717) is 0 Å². The molecule has 1 N–H and O–H groups in total. The van der Waals surface area contributed by atoms with Crippen molar-refractivity contribution in [3.05, 3.63) is 0 Å². The molecule has 0 radical (unpaired) electrons. The number of hydrogen-bond donors (Lipinski definition) is 1. The van der Waals surface area contributed by atoms with E-state index in [-0.39, 0.29) is 4.90 Å². The summed E-state index contributed by atoms with van der Waals surface area (Å²) in [5, 5.41) is 8.53. The number of amides is 1. The molecule has 0 unspecified atom stereocenters. The van der Waals surface area contributed by atoms with Crippen LogP contribution in [0.4, 0.5) is 17.6 Å². The number of carboxylic acid groups (broad SMARTS) is 1. The lowest BCUT2D eigenvalue weighted by Crippen LogP contribution is -2.65. The average molecular weight is 229 g/mol. The van der Waals surface area contributed by atoms with Crippen molar-refractivity contribution in [3.8, 4) is 0 Å². The lowest BCUT2D eigenvalue weighted by molar-refractivity contribution is -0.200. The van der Waals surface area contributed by atoms with Crippen LogP contribution < -0.4 is 0 Å². The summed E-state index contributed by atoms with van der Waals surface area (Å²) in [6.07, 6.45) is -5.04. The molecular weight excluding hydrogens is 222 g/mol. The first-order chi connectivity index (χ1) is 6.73. The number of rotatable bonds is 2.